The Morgan fingerprint density at radius 1 is 1.30 bits per heavy atom. The average molecular weight is 275 g/mol. The van der Waals surface area contributed by atoms with Crippen LogP contribution in [0.2, 0.25) is 0 Å². The van der Waals surface area contributed by atoms with Gasteiger partial charge in [-0.3, -0.25) is 4.68 Å². The lowest BCUT2D eigenvalue weighted by Crippen LogP contribution is -2.17. The van der Waals surface area contributed by atoms with Crippen LogP contribution in [0.4, 0.5) is 4.39 Å². The molecule has 1 atom stereocenters. The summed E-state index contributed by atoms with van der Waals surface area (Å²) in [5.41, 5.74) is 8.81. The van der Waals surface area contributed by atoms with Gasteiger partial charge in [0.1, 0.15) is 5.82 Å². The van der Waals surface area contributed by atoms with Crippen LogP contribution in [0.5, 0.6) is 0 Å². The minimum Gasteiger partial charge on any atom is -0.329 e. The molecule has 2 N–H and O–H groups in total. The van der Waals surface area contributed by atoms with Crippen LogP contribution in [0.1, 0.15) is 43.6 Å². The standard InChI is InChI=1S/C16H22FN3/c1-16(2,3)15-9-14(20(4)19-15)13(10-18)11-6-5-7-12(17)8-11/h5-9,13H,10,18H2,1-4H3. The van der Waals surface area contributed by atoms with Gasteiger partial charge in [-0.2, -0.15) is 5.10 Å². The van der Waals surface area contributed by atoms with E-state index in [4.69, 9.17) is 5.73 Å². The van der Waals surface area contributed by atoms with Gasteiger partial charge in [-0.15, -0.1) is 0 Å². The quantitative estimate of drug-likeness (QED) is 0.936. The molecule has 0 bridgehead atoms. The van der Waals surface area contributed by atoms with Gasteiger partial charge in [0, 0.05) is 30.6 Å². The number of aromatic nitrogens is 2. The van der Waals surface area contributed by atoms with Crippen molar-refractivity contribution in [1.29, 1.82) is 0 Å². The fraction of sp³-hybridized carbons (Fsp3) is 0.438. The van der Waals surface area contributed by atoms with Crippen LogP contribution in [-0.4, -0.2) is 16.3 Å². The minimum absolute atomic E-state index is 0.0168. The van der Waals surface area contributed by atoms with Crippen molar-refractivity contribution in [3.05, 3.63) is 53.1 Å². The molecule has 3 nitrogen and oxygen atoms in total. The van der Waals surface area contributed by atoms with E-state index >= 15 is 0 Å². The molecule has 0 amide bonds. The molecule has 1 aromatic heterocycles. The monoisotopic (exact) mass is 275 g/mol. The van der Waals surface area contributed by atoms with Crippen molar-refractivity contribution in [2.75, 3.05) is 6.54 Å². The van der Waals surface area contributed by atoms with E-state index in [-0.39, 0.29) is 17.2 Å². The predicted molar refractivity (Wildman–Crippen MR) is 79.2 cm³/mol. The van der Waals surface area contributed by atoms with Crippen LogP contribution in [0.3, 0.4) is 0 Å². The zero-order chi connectivity index (χ0) is 14.9. The summed E-state index contributed by atoms with van der Waals surface area (Å²) < 4.78 is 15.3. The van der Waals surface area contributed by atoms with Crippen molar-refractivity contribution < 1.29 is 4.39 Å². The van der Waals surface area contributed by atoms with Gasteiger partial charge in [0.25, 0.3) is 0 Å². The molecule has 0 aliphatic rings. The molecule has 0 aliphatic carbocycles. The Labute approximate surface area is 119 Å². The van der Waals surface area contributed by atoms with Crippen molar-refractivity contribution in [3.8, 4) is 0 Å². The maximum absolute atomic E-state index is 13.4. The van der Waals surface area contributed by atoms with Crippen LogP contribution >= 0.6 is 0 Å². The van der Waals surface area contributed by atoms with Crippen LogP contribution in [0.15, 0.2) is 30.3 Å². The van der Waals surface area contributed by atoms with Gasteiger partial charge in [0.2, 0.25) is 0 Å². The van der Waals surface area contributed by atoms with E-state index in [1.165, 1.54) is 6.07 Å². The van der Waals surface area contributed by atoms with Gasteiger partial charge in [-0.05, 0) is 23.8 Å². The van der Waals surface area contributed by atoms with E-state index in [1.54, 1.807) is 12.1 Å². The van der Waals surface area contributed by atoms with E-state index in [0.29, 0.717) is 6.54 Å². The summed E-state index contributed by atoms with van der Waals surface area (Å²) in [5, 5.41) is 4.57. The lowest BCUT2D eigenvalue weighted by molar-refractivity contribution is 0.549. The average Bonchev–Trinajstić information content (AvgIpc) is 2.73. The first-order valence-electron chi connectivity index (χ1n) is 6.83. The predicted octanol–water partition coefficient (Wildman–Crippen LogP) is 2.95. The van der Waals surface area contributed by atoms with Gasteiger partial charge in [-0.1, -0.05) is 32.9 Å². The molecule has 1 unspecified atom stereocenters. The summed E-state index contributed by atoms with van der Waals surface area (Å²) >= 11 is 0. The van der Waals surface area contributed by atoms with Crippen LogP contribution in [0.25, 0.3) is 0 Å². The van der Waals surface area contributed by atoms with Crippen LogP contribution in [-0.2, 0) is 12.5 Å². The highest BCUT2D eigenvalue weighted by Crippen LogP contribution is 2.28. The molecule has 0 fully saturated rings. The molecule has 2 aromatic rings. The number of nitrogens with two attached hydrogens (primary N) is 1. The third-order valence-electron chi connectivity index (χ3n) is 3.53. The van der Waals surface area contributed by atoms with E-state index in [2.05, 4.69) is 31.9 Å². The number of nitrogens with zero attached hydrogens (tertiary/aromatic N) is 2. The number of rotatable bonds is 3. The summed E-state index contributed by atoms with van der Waals surface area (Å²) in [6, 6.07) is 8.68. The lowest BCUT2D eigenvalue weighted by Gasteiger charge is -2.16. The van der Waals surface area contributed by atoms with Crippen molar-refractivity contribution in [2.45, 2.75) is 32.1 Å². The Bertz CT molecular complexity index is 596. The molecule has 2 rings (SSSR count). The third-order valence-corrected chi connectivity index (χ3v) is 3.53. The molecule has 108 valence electrons. The summed E-state index contributed by atoms with van der Waals surface area (Å²) in [7, 11) is 1.91. The lowest BCUT2D eigenvalue weighted by atomic mass is 9.90. The third kappa shape index (κ3) is 2.90. The summed E-state index contributed by atoms with van der Waals surface area (Å²) in [6.45, 7) is 6.79. The van der Waals surface area contributed by atoms with Gasteiger partial charge in [0.05, 0.1) is 5.69 Å². The van der Waals surface area contributed by atoms with E-state index in [1.807, 2.05) is 17.8 Å². The summed E-state index contributed by atoms with van der Waals surface area (Å²) in [6.07, 6.45) is 0. The van der Waals surface area contributed by atoms with Gasteiger partial charge < -0.3 is 5.73 Å². The number of halogens is 1. The first kappa shape index (κ1) is 14.7. The second-order valence-corrected chi connectivity index (χ2v) is 6.17. The Balaban J connectivity index is 2.45. The van der Waals surface area contributed by atoms with Crippen LogP contribution in [0, 0.1) is 5.82 Å². The maximum Gasteiger partial charge on any atom is 0.123 e. The molecule has 0 saturated heterocycles. The number of benzene rings is 1. The molecule has 0 radical (unpaired) electrons. The zero-order valence-electron chi connectivity index (χ0n) is 12.5. The number of aryl methyl sites for hydroxylation is 1. The highest BCUT2D eigenvalue weighted by Gasteiger charge is 2.23. The van der Waals surface area contributed by atoms with Gasteiger partial charge in [0.15, 0.2) is 0 Å². The largest absolute Gasteiger partial charge is 0.329 e. The molecular formula is C16H22FN3. The molecule has 20 heavy (non-hydrogen) atoms. The topological polar surface area (TPSA) is 43.8 Å². The highest BCUT2D eigenvalue weighted by molar-refractivity contribution is 5.32. The van der Waals surface area contributed by atoms with Crippen molar-refractivity contribution >= 4 is 0 Å². The van der Waals surface area contributed by atoms with E-state index < -0.39 is 0 Å². The SMILES string of the molecule is Cn1nc(C(C)(C)C)cc1C(CN)c1cccc(F)c1. The molecule has 0 aliphatic heterocycles. The van der Waals surface area contributed by atoms with Gasteiger partial charge in [-0.25, -0.2) is 4.39 Å². The van der Waals surface area contributed by atoms with Crippen molar-refractivity contribution in [1.82, 2.24) is 9.78 Å². The molecule has 1 heterocycles. The van der Waals surface area contributed by atoms with Crippen molar-refractivity contribution in [2.24, 2.45) is 12.8 Å². The van der Waals surface area contributed by atoms with E-state index in [9.17, 15) is 4.39 Å². The fourth-order valence-corrected chi connectivity index (χ4v) is 2.33. The highest BCUT2D eigenvalue weighted by atomic mass is 19.1. The first-order valence-corrected chi connectivity index (χ1v) is 6.83. The summed E-state index contributed by atoms with van der Waals surface area (Å²) in [4.78, 5) is 0. The second-order valence-electron chi connectivity index (χ2n) is 6.17. The number of hydrogen-bond acceptors (Lipinski definition) is 2. The summed E-state index contributed by atoms with van der Waals surface area (Å²) in [5.74, 6) is -0.279. The van der Waals surface area contributed by atoms with Crippen molar-refractivity contribution in [3.63, 3.8) is 0 Å². The molecule has 1 aromatic carbocycles. The fourth-order valence-electron chi connectivity index (χ4n) is 2.33. The Morgan fingerprint density at radius 2 is 2.00 bits per heavy atom. The Hall–Kier alpha value is -1.68. The first-order chi connectivity index (χ1) is 9.32. The smallest absolute Gasteiger partial charge is 0.123 e. The molecular weight excluding hydrogens is 253 g/mol. The molecule has 0 spiro atoms. The number of hydrogen-bond donors (Lipinski definition) is 1. The molecule has 4 heteroatoms. The van der Waals surface area contributed by atoms with Gasteiger partial charge >= 0.3 is 0 Å². The normalized spacial score (nSPS) is 13.5. The van der Waals surface area contributed by atoms with Crippen LogP contribution < -0.4 is 5.73 Å². The minimum atomic E-state index is -0.237. The Morgan fingerprint density at radius 3 is 2.50 bits per heavy atom. The molecule has 0 saturated carbocycles. The maximum atomic E-state index is 13.4. The second kappa shape index (κ2) is 5.37. The van der Waals surface area contributed by atoms with E-state index in [0.717, 1.165) is 17.0 Å². The Kier molecular flexibility index (Phi) is 3.95. The zero-order valence-corrected chi connectivity index (χ0v) is 12.5.